The first-order valence-corrected chi connectivity index (χ1v) is 8.15. The molecule has 0 bridgehead atoms. The van der Waals surface area contributed by atoms with E-state index >= 15 is 0 Å². The van der Waals surface area contributed by atoms with Crippen molar-refractivity contribution in [3.05, 3.63) is 41.7 Å². The molecule has 0 amide bonds. The van der Waals surface area contributed by atoms with Gasteiger partial charge in [-0.15, -0.1) is 0 Å². The Morgan fingerprint density at radius 3 is 2.78 bits per heavy atom. The lowest BCUT2D eigenvalue weighted by Gasteiger charge is -2.17. The first-order valence-electron chi connectivity index (χ1n) is 8.15. The largest absolute Gasteiger partial charge is 0.493 e. The molecular formula is C18H27N3O2. The number of benzene rings is 1. The van der Waals surface area contributed by atoms with Gasteiger partial charge in [-0.1, -0.05) is 19.4 Å². The number of hydrogen-bond acceptors (Lipinski definition) is 4. The molecular weight excluding hydrogens is 290 g/mol. The molecule has 0 aliphatic heterocycles. The maximum absolute atomic E-state index is 5.78. The zero-order chi connectivity index (χ0) is 16.7. The molecule has 0 fully saturated rings. The molecule has 0 aliphatic carbocycles. The van der Waals surface area contributed by atoms with Crippen molar-refractivity contribution in [2.24, 2.45) is 7.05 Å². The van der Waals surface area contributed by atoms with Gasteiger partial charge in [-0.05, 0) is 31.0 Å². The smallest absolute Gasteiger partial charge is 0.161 e. The van der Waals surface area contributed by atoms with Crippen LogP contribution in [0.4, 0.5) is 0 Å². The van der Waals surface area contributed by atoms with Gasteiger partial charge in [-0.2, -0.15) is 5.10 Å². The molecule has 0 saturated heterocycles. The Balaban J connectivity index is 1.97. The summed E-state index contributed by atoms with van der Waals surface area (Å²) in [6, 6.07) is 6.34. The van der Waals surface area contributed by atoms with E-state index in [1.807, 2.05) is 36.3 Å². The normalized spacial score (nSPS) is 12.2. The van der Waals surface area contributed by atoms with Gasteiger partial charge in [0.2, 0.25) is 0 Å². The Morgan fingerprint density at radius 2 is 2.13 bits per heavy atom. The SMILES string of the molecule is CCCCOc1ccc(C(C)NCc2cnn(C)c2)cc1OC. The first kappa shape index (κ1) is 17.3. The molecule has 0 radical (unpaired) electrons. The maximum Gasteiger partial charge on any atom is 0.161 e. The van der Waals surface area contributed by atoms with Crippen molar-refractivity contribution < 1.29 is 9.47 Å². The summed E-state index contributed by atoms with van der Waals surface area (Å²) >= 11 is 0. The van der Waals surface area contributed by atoms with Crippen molar-refractivity contribution in [2.75, 3.05) is 13.7 Å². The van der Waals surface area contributed by atoms with Gasteiger partial charge in [-0.25, -0.2) is 0 Å². The summed E-state index contributed by atoms with van der Waals surface area (Å²) in [5.41, 5.74) is 2.35. The highest BCUT2D eigenvalue weighted by molar-refractivity contribution is 5.43. The van der Waals surface area contributed by atoms with Crippen LogP contribution in [0.2, 0.25) is 0 Å². The number of hydrogen-bond donors (Lipinski definition) is 1. The van der Waals surface area contributed by atoms with Crippen LogP contribution in [0, 0.1) is 0 Å². The minimum atomic E-state index is 0.216. The van der Waals surface area contributed by atoms with E-state index in [9.17, 15) is 0 Å². The lowest BCUT2D eigenvalue weighted by Crippen LogP contribution is -2.18. The molecule has 0 aliphatic rings. The number of rotatable bonds is 9. The number of nitrogens with one attached hydrogen (secondary N) is 1. The second-order valence-electron chi connectivity index (χ2n) is 5.74. The van der Waals surface area contributed by atoms with E-state index in [-0.39, 0.29) is 6.04 Å². The Morgan fingerprint density at radius 1 is 1.30 bits per heavy atom. The van der Waals surface area contributed by atoms with Gasteiger partial charge in [0.05, 0.1) is 19.9 Å². The molecule has 1 atom stereocenters. The third-order valence-corrected chi connectivity index (χ3v) is 3.81. The molecule has 1 unspecified atom stereocenters. The summed E-state index contributed by atoms with van der Waals surface area (Å²) in [5, 5.41) is 7.68. The topological polar surface area (TPSA) is 48.3 Å². The summed E-state index contributed by atoms with van der Waals surface area (Å²) in [7, 11) is 3.61. The second-order valence-corrected chi connectivity index (χ2v) is 5.74. The highest BCUT2D eigenvalue weighted by Gasteiger charge is 2.11. The van der Waals surface area contributed by atoms with Gasteiger partial charge in [0.1, 0.15) is 0 Å². The third kappa shape index (κ3) is 4.99. The van der Waals surface area contributed by atoms with Crippen molar-refractivity contribution in [3.8, 4) is 11.5 Å². The highest BCUT2D eigenvalue weighted by atomic mass is 16.5. The van der Waals surface area contributed by atoms with Crippen LogP contribution in [-0.2, 0) is 13.6 Å². The molecule has 2 rings (SSSR count). The fourth-order valence-corrected chi connectivity index (χ4v) is 2.35. The van der Waals surface area contributed by atoms with Crippen molar-refractivity contribution in [1.82, 2.24) is 15.1 Å². The number of aryl methyl sites for hydroxylation is 1. The first-order chi connectivity index (χ1) is 11.1. The van der Waals surface area contributed by atoms with Gasteiger partial charge in [-0.3, -0.25) is 4.68 Å². The van der Waals surface area contributed by atoms with Crippen LogP contribution < -0.4 is 14.8 Å². The zero-order valence-corrected chi connectivity index (χ0v) is 14.5. The number of unbranched alkanes of at least 4 members (excludes halogenated alkanes) is 1. The Hall–Kier alpha value is -2.01. The highest BCUT2D eigenvalue weighted by Crippen LogP contribution is 2.30. The van der Waals surface area contributed by atoms with Crippen molar-refractivity contribution in [1.29, 1.82) is 0 Å². The van der Waals surface area contributed by atoms with Crippen LogP contribution in [0.3, 0.4) is 0 Å². The lowest BCUT2D eigenvalue weighted by molar-refractivity contribution is 0.288. The Labute approximate surface area is 138 Å². The molecule has 0 saturated carbocycles. The third-order valence-electron chi connectivity index (χ3n) is 3.81. The average molecular weight is 317 g/mol. The van der Waals surface area contributed by atoms with E-state index in [0.29, 0.717) is 0 Å². The van der Waals surface area contributed by atoms with Gasteiger partial charge < -0.3 is 14.8 Å². The predicted octanol–water partition coefficient (Wildman–Crippen LogP) is 3.46. The van der Waals surface area contributed by atoms with Crippen LogP contribution >= 0.6 is 0 Å². The van der Waals surface area contributed by atoms with E-state index in [0.717, 1.165) is 37.5 Å². The van der Waals surface area contributed by atoms with Crippen LogP contribution in [0.25, 0.3) is 0 Å². The summed E-state index contributed by atoms with van der Waals surface area (Å²) in [6.07, 6.45) is 6.07. The fraction of sp³-hybridized carbons (Fsp3) is 0.500. The number of ether oxygens (including phenoxy) is 2. The summed E-state index contributed by atoms with van der Waals surface area (Å²) in [5.74, 6) is 1.60. The molecule has 1 N–H and O–H groups in total. The van der Waals surface area contributed by atoms with Gasteiger partial charge in [0.15, 0.2) is 11.5 Å². The van der Waals surface area contributed by atoms with Gasteiger partial charge in [0, 0.05) is 31.4 Å². The van der Waals surface area contributed by atoms with Crippen molar-refractivity contribution >= 4 is 0 Å². The molecule has 0 spiro atoms. The van der Waals surface area contributed by atoms with Crippen LogP contribution in [0.5, 0.6) is 11.5 Å². The van der Waals surface area contributed by atoms with E-state index in [1.165, 1.54) is 11.1 Å². The van der Waals surface area contributed by atoms with Crippen molar-refractivity contribution in [3.63, 3.8) is 0 Å². The van der Waals surface area contributed by atoms with E-state index < -0.39 is 0 Å². The molecule has 5 heteroatoms. The monoisotopic (exact) mass is 317 g/mol. The lowest BCUT2D eigenvalue weighted by atomic mass is 10.1. The Bertz CT molecular complexity index is 610. The van der Waals surface area contributed by atoms with E-state index in [2.05, 4.69) is 30.3 Å². The Kier molecular flexibility index (Phi) is 6.47. The summed E-state index contributed by atoms with van der Waals surface area (Å²) in [6.45, 7) is 5.80. The summed E-state index contributed by atoms with van der Waals surface area (Å²) in [4.78, 5) is 0. The minimum Gasteiger partial charge on any atom is -0.493 e. The van der Waals surface area contributed by atoms with Crippen LogP contribution in [0.1, 0.15) is 43.9 Å². The molecule has 5 nitrogen and oxygen atoms in total. The van der Waals surface area contributed by atoms with Crippen LogP contribution in [-0.4, -0.2) is 23.5 Å². The van der Waals surface area contributed by atoms with Gasteiger partial charge in [0.25, 0.3) is 0 Å². The molecule has 1 heterocycles. The molecule has 1 aromatic heterocycles. The van der Waals surface area contributed by atoms with E-state index in [4.69, 9.17) is 9.47 Å². The summed E-state index contributed by atoms with van der Waals surface area (Å²) < 4.78 is 13.1. The quantitative estimate of drug-likeness (QED) is 0.720. The van der Waals surface area contributed by atoms with Crippen LogP contribution in [0.15, 0.2) is 30.6 Å². The molecule has 126 valence electrons. The minimum absolute atomic E-state index is 0.216. The van der Waals surface area contributed by atoms with Gasteiger partial charge >= 0.3 is 0 Å². The second kappa shape index (κ2) is 8.58. The zero-order valence-electron chi connectivity index (χ0n) is 14.5. The molecule has 1 aromatic carbocycles. The van der Waals surface area contributed by atoms with E-state index in [1.54, 1.807) is 7.11 Å². The molecule has 23 heavy (non-hydrogen) atoms. The standard InChI is InChI=1S/C18H27N3O2/c1-5-6-9-23-17-8-7-16(10-18(17)22-4)14(2)19-11-15-12-20-21(3)13-15/h7-8,10,12-14,19H,5-6,9,11H2,1-4H3. The predicted molar refractivity (Wildman–Crippen MR) is 91.9 cm³/mol. The number of methoxy groups -OCH3 is 1. The fourth-order valence-electron chi connectivity index (χ4n) is 2.35. The maximum atomic E-state index is 5.78. The van der Waals surface area contributed by atoms with Crippen molar-refractivity contribution in [2.45, 2.75) is 39.3 Å². The molecule has 2 aromatic rings. The number of aromatic nitrogens is 2. The average Bonchev–Trinajstić information content (AvgIpc) is 2.98. The number of nitrogens with zero attached hydrogens (tertiary/aromatic N) is 2.